The van der Waals surface area contributed by atoms with Crippen molar-refractivity contribution in [2.75, 3.05) is 20.0 Å². The fourth-order valence-corrected chi connectivity index (χ4v) is 4.03. The standard InChI is InChI=1S/C19H21NO3S/c1-22-14-8-7-13(17(12-14)23-2)11-19(21)20-16-9-10-24-18-6-4-3-5-15(16)18/h3-8,12,16H,9-11H2,1-2H3,(H,20,21)/t16-/m0/s1. The molecule has 0 aromatic heterocycles. The minimum atomic E-state index is 0.00479. The van der Waals surface area contributed by atoms with Crippen LogP contribution in [0.15, 0.2) is 47.4 Å². The number of benzene rings is 2. The van der Waals surface area contributed by atoms with Gasteiger partial charge in [-0.25, -0.2) is 0 Å². The van der Waals surface area contributed by atoms with E-state index < -0.39 is 0 Å². The minimum Gasteiger partial charge on any atom is -0.497 e. The highest BCUT2D eigenvalue weighted by atomic mass is 32.2. The number of rotatable bonds is 5. The molecule has 24 heavy (non-hydrogen) atoms. The molecule has 2 aromatic carbocycles. The number of carbonyl (C=O) groups is 1. The summed E-state index contributed by atoms with van der Waals surface area (Å²) in [5.74, 6) is 2.41. The molecule has 0 radical (unpaired) electrons. The molecule has 0 fully saturated rings. The van der Waals surface area contributed by atoms with Crippen LogP contribution in [-0.2, 0) is 11.2 Å². The van der Waals surface area contributed by atoms with Crippen molar-refractivity contribution in [3.63, 3.8) is 0 Å². The molecule has 0 unspecified atom stereocenters. The van der Waals surface area contributed by atoms with E-state index in [2.05, 4.69) is 17.4 Å². The molecular formula is C19H21NO3S. The zero-order chi connectivity index (χ0) is 16.9. The van der Waals surface area contributed by atoms with E-state index in [4.69, 9.17) is 9.47 Å². The number of amides is 1. The fourth-order valence-electron chi connectivity index (χ4n) is 2.91. The number of methoxy groups -OCH3 is 2. The first-order valence-corrected chi connectivity index (χ1v) is 8.92. The highest BCUT2D eigenvalue weighted by molar-refractivity contribution is 7.99. The van der Waals surface area contributed by atoms with Crippen LogP contribution in [0.5, 0.6) is 11.5 Å². The van der Waals surface area contributed by atoms with E-state index in [1.165, 1.54) is 10.5 Å². The normalized spacial score (nSPS) is 16.2. The van der Waals surface area contributed by atoms with Crippen LogP contribution in [0.3, 0.4) is 0 Å². The maximum absolute atomic E-state index is 12.5. The lowest BCUT2D eigenvalue weighted by molar-refractivity contribution is -0.121. The molecule has 1 aliphatic rings. The lowest BCUT2D eigenvalue weighted by Gasteiger charge is -2.26. The van der Waals surface area contributed by atoms with Crippen LogP contribution in [-0.4, -0.2) is 25.9 Å². The summed E-state index contributed by atoms with van der Waals surface area (Å²) in [7, 11) is 3.21. The van der Waals surface area contributed by atoms with Crippen LogP contribution in [0.1, 0.15) is 23.6 Å². The van der Waals surface area contributed by atoms with Gasteiger partial charge in [-0.2, -0.15) is 0 Å². The van der Waals surface area contributed by atoms with Crippen molar-refractivity contribution >= 4 is 17.7 Å². The average molecular weight is 343 g/mol. The Morgan fingerprint density at radius 1 is 1.21 bits per heavy atom. The summed E-state index contributed by atoms with van der Waals surface area (Å²) in [4.78, 5) is 13.8. The van der Waals surface area contributed by atoms with E-state index in [-0.39, 0.29) is 11.9 Å². The molecule has 0 aliphatic carbocycles. The average Bonchev–Trinajstić information content (AvgIpc) is 2.62. The molecule has 4 nitrogen and oxygen atoms in total. The Morgan fingerprint density at radius 2 is 2.04 bits per heavy atom. The molecule has 3 rings (SSSR count). The third-order valence-electron chi connectivity index (χ3n) is 4.14. The van der Waals surface area contributed by atoms with E-state index in [1.807, 2.05) is 36.0 Å². The second-order valence-corrected chi connectivity index (χ2v) is 6.79. The molecule has 126 valence electrons. The molecule has 0 spiro atoms. The van der Waals surface area contributed by atoms with Gasteiger partial charge in [-0.3, -0.25) is 4.79 Å². The Morgan fingerprint density at radius 3 is 2.83 bits per heavy atom. The Kier molecular flexibility index (Phi) is 5.30. The molecule has 0 saturated heterocycles. The van der Waals surface area contributed by atoms with Gasteiger partial charge in [0, 0.05) is 22.3 Å². The maximum atomic E-state index is 12.5. The van der Waals surface area contributed by atoms with E-state index in [1.54, 1.807) is 20.3 Å². The van der Waals surface area contributed by atoms with Gasteiger partial charge in [0.05, 0.1) is 26.7 Å². The maximum Gasteiger partial charge on any atom is 0.225 e. The third kappa shape index (κ3) is 3.67. The van der Waals surface area contributed by atoms with Gasteiger partial charge in [0.15, 0.2) is 0 Å². The van der Waals surface area contributed by atoms with Gasteiger partial charge in [-0.1, -0.05) is 24.3 Å². The molecule has 0 bridgehead atoms. The summed E-state index contributed by atoms with van der Waals surface area (Å²) >= 11 is 1.85. The Hall–Kier alpha value is -2.14. The van der Waals surface area contributed by atoms with Gasteiger partial charge in [0.1, 0.15) is 11.5 Å². The van der Waals surface area contributed by atoms with Crippen molar-refractivity contribution in [3.05, 3.63) is 53.6 Å². The second kappa shape index (κ2) is 7.62. The first-order chi connectivity index (χ1) is 11.7. The van der Waals surface area contributed by atoms with Gasteiger partial charge >= 0.3 is 0 Å². The molecule has 1 aliphatic heterocycles. The minimum absolute atomic E-state index is 0.00479. The van der Waals surface area contributed by atoms with Gasteiger partial charge in [0.25, 0.3) is 0 Å². The lowest BCUT2D eigenvalue weighted by Crippen LogP contribution is -2.31. The first-order valence-electron chi connectivity index (χ1n) is 7.93. The summed E-state index contributed by atoms with van der Waals surface area (Å²) < 4.78 is 10.6. The summed E-state index contributed by atoms with van der Waals surface area (Å²) in [6.07, 6.45) is 1.24. The Balaban J connectivity index is 1.71. The highest BCUT2D eigenvalue weighted by Crippen LogP contribution is 2.36. The molecule has 0 saturated carbocycles. The smallest absolute Gasteiger partial charge is 0.225 e. The van der Waals surface area contributed by atoms with Crippen LogP contribution < -0.4 is 14.8 Å². The van der Waals surface area contributed by atoms with Gasteiger partial charge in [0.2, 0.25) is 5.91 Å². The predicted octanol–water partition coefficient (Wildman–Crippen LogP) is 3.60. The van der Waals surface area contributed by atoms with E-state index in [9.17, 15) is 4.79 Å². The first kappa shape index (κ1) is 16.7. The monoisotopic (exact) mass is 343 g/mol. The predicted molar refractivity (Wildman–Crippen MR) is 95.9 cm³/mol. The second-order valence-electron chi connectivity index (χ2n) is 5.65. The van der Waals surface area contributed by atoms with Crippen molar-refractivity contribution in [2.45, 2.75) is 23.8 Å². The molecule has 1 heterocycles. The molecule has 5 heteroatoms. The van der Waals surface area contributed by atoms with Crippen molar-refractivity contribution in [1.82, 2.24) is 5.32 Å². The zero-order valence-corrected chi connectivity index (χ0v) is 14.7. The van der Waals surface area contributed by atoms with Gasteiger partial charge < -0.3 is 14.8 Å². The molecule has 2 aromatic rings. The van der Waals surface area contributed by atoms with Crippen LogP contribution in [0.25, 0.3) is 0 Å². The summed E-state index contributed by atoms with van der Waals surface area (Å²) in [5, 5.41) is 3.16. The van der Waals surface area contributed by atoms with Gasteiger partial charge in [-0.05, 0) is 24.1 Å². The van der Waals surface area contributed by atoms with Crippen LogP contribution in [0.4, 0.5) is 0 Å². The quantitative estimate of drug-likeness (QED) is 0.901. The van der Waals surface area contributed by atoms with Crippen molar-refractivity contribution in [2.24, 2.45) is 0 Å². The Bertz CT molecular complexity index is 732. The summed E-state index contributed by atoms with van der Waals surface area (Å²) in [6, 6.07) is 13.9. The summed E-state index contributed by atoms with van der Waals surface area (Å²) in [5.41, 5.74) is 2.07. The Labute approximate surface area is 146 Å². The summed E-state index contributed by atoms with van der Waals surface area (Å²) in [6.45, 7) is 0. The number of ether oxygens (including phenoxy) is 2. The van der Waals surface area contributed by atoms with E-state index in [0.29, 0.717) is 17.9 Å². The van der Waals surface area contributed by atoms with Crippen molar-refractivity contribution < 1.29 is 14.3 Å². The van der Waals surface area contributed by atoms with Crippen LogP contribution >= 0.6 is 11.8 Å². The molecular weight excluding hydrogens is 322 g/mol. The van der Waals surface area contributed by atoms with E-state index in [0.717, 1.165) is 17.7 Å². The fraction of sp³-hybridized carbons (Fsp3) is 0.316. The number of thioether (sulfide) groups is 1. The van der Waals surface area contributed by atoms with Crippen LogP contribution in [0.2, 0.25) is 0 Å². The number of fused-ring (bicyclic) bond motifs is 1. The van der Waals surface area contributed by atoms with Crippen molar-refractivity contribution in [1.29, 1.82) is 0 Å². The zero-order valence-electron chi connectivity index (χ0n) is 13.9. The number of carbonyl (C=O) groups excluding carboxylic acids is 1. The SMILES string of the molecule is COc1ccc(CC(=O)N[C@H]2CCSc3ccccc32)c(OC)c1. The lowest BCUT2D eigenvalue weighted by atomic mass is 10.0. The number of hydrogen-bond donors (Lipinski definition) is 1. The van der Waals surface area contributed by atoms with Crippen molar-refractivity contribution in [3.8, 4) is 11.5 Å². The topological polar surface area (TPSA) is 47.6 Å². The largest absolute Gasteiger partial charge is 0.497 e. The van der Waals surface area contributed by atoms with E-state index >= 15 is 0 Å². The third-order valence-corrected chi connectivity index (χ3v) is 5.26. The molecule has 1 N–H and O–H groups in total. The highest BCUT2D eigenvalue weighted by Gasteiger charge is 2.22. The number of hydrogen-bond acceptors (Lipinski definition) is 4. The molecule has 1 amide bonds. The van der Waals surface area contributed by atoms with Crippen LogP contribution in [0, 0.1) is 0 Å². The number of nitrogens with one attached hydrogen (secondary N) is 1. The molecule has 1 atom stereocenters. The van der Waals surface area contributed by atoms with Gasteiger partial charge in [-0.15, -0.1) is 11.8 Å².